The molecule has 1 aromatic heterocycles. The van der Waals surface area contributed by atoms with E-state index >= 15 is 0 Å². The van der Waals surface area contributed by atoms with Crippen LogP contribution in [0.25, 0.3) is 0 Å². The summed E-state index contributed by atoms with van der Waals surface area (Å²) in [6.07, 6.45) is 0. The van der Waals surface area contributed by atoms with Crippen molar-refractivity contribution in [2.45, 2.75) is 13.5 Å². The van der Waals surface area contributed by atoms with Crippen LogP contribution in [0.15, 0.2) is 24.3 Å². The Bertz CT molecular complexity index is 608. The van der Waals surface area contributed by atoms with Gasteiger partial charge in [0.05, 0.1) is 5.69 Å². The van der Waals surface area contributed by atoms with Crippen molar-refractivity contribution >= 4 is 0 Å². The molecule has 1 N–H and O–H groups in total. The van der Waals surface area contributed by atoms with Gasteiger partial charge in [-0.2, -0.15) is 10.4 Å². The van der Waals surface area contributed by atoms with Gasteiger partial charge < -0.3 is 10.1 Å². The van der Waals surface area contributed by atoms with Crippen LogP contribution in [0.5, 0.6) is 11.6 Å². The van der Waals surface area contributed by atoms with Gasteiger partial charge in [0.15, 0.2) is 0 Å². The van der Waals surface area contributed by atoms with Crippen LogP contribution in [0.4, 0.5) is 0 Å². The van der Waals surface area contributed by atoms with Crippen molar-refractivity contribution in [3.63, 3.8) is 0 Å². The van der Waals surface area contributed by atoms with Gasteiger partial charge in [-0.3, -0.25) is 0 Å². The summed E-state index contributed by atoms with van der Waals surface area (Å²) in [5.41, 5.74) is 2.32. The topological polar surface area (TPSA) is 62.9 Å². The standard InChI is InChI=1S/C14H16N4O/c1-10-13(8-15)14(18(3)17-10)19-12-6-4-11(5-7-12)9-16-2/h4-7,16H,9H2,1-3H3. The van der Waals surface area contributed by atoms with Crippen molar-refractivity contribution in [1.82, 2.24) is 15.1 Å². The summed E-state index contributed by atoms with van der Waals surface area (Å²) in [5.74, 6) is 1.17. The molecule has 0 unspecified atom stereocenters. The molecule has 0 aliphatic rings. The van der Waals surface area contributed by atoms with Gasteiger partial charge in [-0.25, -0.2) is 4.68 Å². The third-order valence-electron chi connectivity index (χ3n) is 2.80. The minimum atomic E-state index is 0.473. The monoisotopic (exact) mass is 256 g/mol. The van der Waals surface area contributed by atoms with Crippen molar-refractivity contribution < 1.29 is 4.74 Å². The largest absolute Gasteiger partial charge is 0.438 e. The first-order chi connectivity index (χ1) is 9.15. The second kappa shape index (κ2) is 5.55. The lowest BCUT2D eigenvalue weighted by Crippen LogP contribution is -2.04. The van der Waals surface area contributed by atoms with Gasteiger partial charge >= 0.3 is 0 Å². The number of nitrogens with zero attached hydrogens (tertiary/aromatic N) is 3. The average molecular weight is 256 g/mol. The fourth-order valence-corrected chi connectivity index (χ4v) is 1.87. The lowest BCUT2D eigenvalue weighted by Gasteiger charge is -2.07. The van der Waals surface area contributed by atoms with E-state index in [9.17, 15) is 0 Å². The van der Waals surface area contributed by atoms with Crippen molar-refractivity contribution in [3.05, 3.63) is 41.1 Å². The van der Waals surface area contributed by atoms with Crippen LogP contribution < -0.4 is 10.1 Å². The van der Waals surface area contributed by atoms with Crippen LogP contribution in [0.2, 0.25) is 0 Å². The number of rotatable bonds is 4. The molecular formula is C14H16N4O. The number of aryl methyl sites for hydroxylation is 2. The Hall–Kier alpha value is -2.32. The van der Waals surface area contributed by atoms with Gasteiger partial charge in [-0.05, 0) is 31.7 Å². The van der Waals surface area contributed by atoms with Crippen LogP contribution in [0, 0.1) is 18.3 Å². The zero-order valence-electron chi connectivity index (χ0n) is 11.3. The fraction of sp³-hybridized carbons (Fsp3) is 0.286. The smallest absolute Gasteiger partial charge is 0.235 e. The average Bonchev–Trinajstić information content (AvgIpc) is 2.66. The quantitative estimate of drug-likeness (QED) is 0.910. The maximum Gasteiger partial charge on any atom is 0.235 e. The molecule has 1 aromatic carbocycles. The Labute approximate surface area is 112 Å². The van der Waals surface area contributed by atoms with Crippen LogP contribution in [-0.2, 0) is 13.6 Å². The van der Waals surface area contributed by atoms with Gasteiger partial charge in [-0.1, -0.05) is 12.1 Å². The predicted octanol–water partition coefficient (Wildman–Crippen LogP) is 2.11. The molecule has 2 aromatic rings. The summed E-state index contributed by atoms with van der Waals surface area (Å²) >= 11 is 0. The van der Waals surface area contributed by atoms with Crippen LogP contribution >= 0.6 is 0 Å². The van der Waals surface area contributed by atoms with E-state index in [1.165, 1.54) is 5.56 Å². The summed E-state index contributed by atoms with van der Waals surface area (Å²) in [6, 6.07) is 9.86. The molecule has 0 bridgehead atoms. The molecular weight excluding hydrogens is 240 g/mol. The summed E-state index contributed by atoms with van der Waals surface area (Å²) < 4.78 is 7.32. The zero-order chi connectivity index (χ0) is 13.8. The van der Waals surface area contributed by atoms with Crippen molar-refractivity contribution in [2.75, 3.05) is 7.05 Å². The number of hydrogen-bond acceptors (Lipinski definition) is 4. The fourth-order valence-electron chi connectivity index (χ4n) is 1.87. The van der Waals surface area contributed by atoms with Gasteiger partial charge in [0.25, 0.3) is 0 Å². The second-order valence-corrected chi connectivity index (χ2v) is 4.28. The van der Waals surface area contributed by atoms with E-state index in [1.54, 1.807) is 18.7 Å². The van der Waals surface area contributed by atoms with Crippen molar-refractivity contribution in [2.24, 2.45) is 7.05 Å². The summed E-state index contributed by atoms with van der Waals surface area (Å²) in [5, 5.41) is 16.4. The number of ether oxygens (including phenoxy) is 1. The highest BCUT2D eigenvalue weighted by Crippen LogP contribution is 2.26. The molecule has 0 saturated heterocycles. The molecule has 2 rings (SSSR count). The van der Waals surface area contributed by atoms with Gasteiger partial charge in [0.1, 0.15) is 17.4 Å². The Morgan fingerprint density at radius 2 is 2.05 bits per heavy atom. The maximum absolute atomic E-state index is 9.11. The second-order valence-electron chi connectivity index (χ2n) is 4.28. The minimum Gasteiger partial charge on any atom is -0.438 e. The SMILES string of the molecule is CNCc1ccc(Oc2c(C#N)c(C)nn2C)cc1. The van der Waals surface area contributed by atoms with Crippen molar-refractivity contribution in [1.29, 1.82) is 5.26 Å². The van der Waals surface area contributed by atoms with Crippen LogP contribution in [0.3, 0.4) is 0 Å². The van der Waals surface area contributed by atoms with E-state index in [4.69, 9.17) is 10.00 Å². The number of nitriles is 1. The highest BCUT2D eigenvalue weighted by atomic mass is 16.5. The molecule has 0 radical (unpaired) electrons. The Morgan fingerprint density at radius 1 is 1.37 bits per heavy atom. The Kier molecular flexibility index (Phi) is 3.83. The highest BCUT2D eigenvalue weighted by Gasteiger charge is 2.14. The highest BCUT2D eigenvalue weighted by molar-refractivity contribution is 5.44. The summed E-state index contributed by atoms with van der Waals surface area (Å²) in [4.78, 5) is 0. The van der Waals surface area contributed by atoms with E-state index in [-0.39, 0.29) is 0 Å². The molecule has 0 saturated carbocycles. The van der Waals surface area contributed by atoms with E-state index in [0.29, 0.717) is 22.9 Å². The van der Waals surface area contributed by atoms with Crippen molar-refractivity contribution in [3.8, 4) is 17.7 Å². The predicted molar refractivity (Wildman–Crippen MR) is 71.9 cm³/mol. The van der Waals surface area contributed by atoms with E-state index in [2.05, 4.69) is 16.5 Å². The zero-order valence-corrected chi connectivity index (χ0v) is 11.3. The summed E-state index contributed by atoms with van der Waals surface area (Å²) in [7, 11) is 3.67. The molecule has 5 heteroatoms. The maximum atomic E-state index is 9.11. The van der Waals surface area contributed by atoms with E-state index in [0.717, 1.165) is 6.54 Å². The third kappa shape index (κ3) is 2.75. The normalized spacial score (nSPS) is 10.2. The lowest BCUT2D eigenvalue weighted by molar-refractivity contribution is 0.429. The Balaban J connectivity index is 2.24. The van der Waals surface area contributed by atoms with Crippen LogP contribution in [-0.4, -0.2) is 16.8 Å². The number of hydrogen-bond donors (Lipinski definition) is 1. The summed E-state index contributed by atoms with van der Waals surface area (Å²) in [6.45, 7) is 2.61. The van der Waals surface area contributed by atoms with E-state index < -0.39 is 0 Å². The first-order valence-electron chi connectivity index (χ1n) is 6.00. The molecule has 98 valence electrons. The van der Waals surface area contributed by atoms with Gasteiger partial charge in [-0.15, -0.1) is 0 Å². The number of benzene rings is 1. The molecule has 19 heavy (non-hydrogen) atoms. The molecule has 0 atom stereocenters. The molecule has 5 nitrogen and oxygen atoms in total. The first kappa shape index (κ1) is 13.1. The molecule has 0 aliphatic carbocycles. The molecule has 0 amide bonds. The Morgan fingerprint density at radius 3 is 2.63 bits per heavy atom. The molecule has 1 heterocycles. The third-order valence-corrected chi connectivity index (χ3v) is 2.80. The minimum absolute atomic E-state index is 0.473. The molecule has 0 fully saturated rings. The molecule has 0 spiro atoms. The van der Waals surface area contributed by atoms with Crippen LogP contribution in [0.1, 0.15) is 16.8 Å². The number of nitrogens with one attached hydrogen (secondary N) is 1. The lowest BCUT2D eigenvalue weighted by atomic mass is 10.2. The first-order valence-corrected chi connectivity index (χ1v) is 6.00. The number of aromatic nitrogens is 2. The van der Waals surface area contributed by atoms with E-state index in [1.807, 2.05) is 31.3 Å². The van der Waals surface area contributed by atoms with Gasteiger partial charge in [0.2, 0.25) is 5.88 Å². The molecule has 0 aliphatic heterocycles. The van der Waals surface area contributed by atoms with Gasteiger partial charge in [0, 0.05) is 13.6 Å².